The molecule has 0 radical (unpaired) electrons. The fraction of sp³-hybridized carbons (Fsp3) is 0.382. The Balaban J connectivity index is 1.13. The van der Waals surface area contributed by atoms with Gasteiger partial charge in [0.1, 0.15) is 23.5 Å². The number of benzene rings is 2. The first-order chi connectivity index (χ1) is 22.8. The SMILES string of the molecule is COc1nc2c(Oc3cc(F)c(CC(=O)C4(C(=O)Cc5ccc(F)cc5)CC4)cc3F)ncnc2cc1OCCCN1CCOCC1. The van der Waals surface area contributed by atoms with Gasteiger partial charge in [-0.3, -0.25) is 14.5 Å². The Hall–Kier alpha value is -4.62. The number of Topliss-reactive ketones (excluding diaryl/α,β-unsaturated/α-hetero) is 2. The van der Waals surface area contributed by atoms with E-state index in [9.17, 15) is 14.0 Å². The summed E-state index contributed by atoms with van der Waals surface area (Å²) in [4.78, 5) is 41.1. The lowest BCUT2D eigenvalue weighted by molar-refractivity contribution is -0.133. The monoisotopic (exact) mass is 650 g/mol. The molecule has 0 spiro atoms. The molecule has 10 nitrogen and oxygen atoms in total. The fourth-order valence-corrected chi connectivity index (χ4v) is 5.57. The van der Waals surface area contributed by atoms with E-state index >= 15 is 8.78 Å². The summed E-state index contributed by atoms with van der Waals surface area (Å²) in [6, 6.07) is 8.76. The third-order valence-electron chi connectivity index (χ3n) is 8.44. The van der Waals surface area contributed by atoms with Gasteiger partial charge in [0.15, 0.2) is 34.4 Å². The molecule has 3 heterocycles. The highest BCUT2D eigenvalue weighted by Gasteiger charge is 2.54. The topological polar surface area (TPSA) is 113 Å². The molecule has 0 amide bonds. The number of halogens is 3. The van der Waals surface area contributed by atoms with Gasteiger partial charge >= 0.3 is 0 Å². The number of ether oxygens (including phenoxy) is 4. The summed E-state index contributed by atoms with van der Waals surface area (Å²) in [5.74, 6) is -3.17. The van der Waals surface area contributed by atoms with Crippen LogP contribution in [0.2, 0.25) is 0 Å². The lowest BCUT2D eigenvalue weighted by atomic mass is 9.87. The van der Waals surface area contributed by atoms with Crippen molar-refractivity contribution in [2.24, 2.45) is 5.41 Å². The minimum Gasteiger partial charge on any atom is -0.488 e. The number of hydrogen-bond donors (Lipinski definition) is 0. The van der Waals surface area contributed by atoms with E-state index in [0.717, 1.165) is 51.4 Å². The van der Waals surface area contributed by atoms with Crippen LogP contribution in [-0.2, 0) is 27.2 Å². The Bertz CT molecular complexity index is 1780. The second-order valence-corrected chi connectivity index (χ2v) is 11.6. The Morgan fingerprint density at radius 1 is 0.915 bits per heavy atom. The summed E-state index contributed by atoms with van der Waals surface area (Å²) in [7, 11) is 1.43. The van der Waals surface area contributed by atoms with Crippen LogP contribution >= 0.6 is 0 Å². The molecular weight excluding hydrogens is 617 g/mol. The molecule has 1 saturated carbocycles. The number of hydrogen-bond acceptors (Lipinski definition) is 10. The van der Waals surface area contributed by atoms with Crippen LogP contribution in [0.4, 0.5) is 13.2 Å². The number of nitrogens with zero attached hydrogens (tertiary/aromatic N) is 4. The highest BCUT2D eigenvalue weighted by atomic mass is 19.1. The van der Waals surface area contributed by atoms with Crippen molar-refractivity contribution in [2.75, 3.05) is 46.6 Å². The molecule has 246 valence electrons. The van der Waals surface area contributed by atoms with Crippen molar-refractivity contribution in [3.8, 4) is 23.3 Å². The number of rotatable bonds is 14. The van der Waals surface area contributed by atoms with Crippen molar-refractivity contribution in [1.29, 1.82) is 0 Å². The molecule has 4 aromatic rings. The molecule has 1 aliphatic heterocycles. The minimum absolute atomic E-state index is 0.0517. The third-order valence-corrected chi connectivity index (χ3v) is 8.44. The van der Waals surface area contributed by atoms with Crippen LogP contribution in [0, 0.1) is 22.9 Å². The molecule has 2 aromatic heterocycles. The van der Waals surface area contributed by atoms with Gasteiger partial charge in [0.2, 0.25) is 5.88 Å². The van der Waals surface area contributed by atoms with Gasteiger partial charge in [-0.2, -0.15) is 4.98 Å². The first kappa shape index (κ1) is 32.3. The van der Waals surface area contributed by atoms with Gasteiger partial charge in [-0.05, 0) is 48.6 Å². The standard InChI is InChI=1S/C34H33F3N4O6/c1-44-32-28(46-12-2-9-41-10-13-45-14-11-41)19-26-31(40-32)33(39-20-38-26)47-27-18-24(36)22(16-25(27)37)17-30(43)34(7-8-34)29(42)15-21-3-5-23(35)6-4-21/h3-6,16,18-20H,2,7-15,17H2,1H3. The number of aromatic nitrogens is 3. The molecule has 2 aliphatic rings. The number of morpholine rings is 1. The predicted octanol–water partition coefficient (Wildman–Crippen LogP) is 5.05. The normalized spacial score (nSPS) is 15.7. The molecule has 13 heteroatoms. The molecule has 0 atom stereocenters. The summed E-state index contributed by atoms with van der Waals surface area (Å²) in [5, 5.41) is 0. The fourth-order valence-electron chi connectivity index (χ4n) is 5.57. The lowest BCUT2D eigenvalue weighted by Gasteiger charge is -2.26. The third kappa shape index (κ3) is 7.36. The summed E-state index contributed by atoms with van der Waals surface area (Å²) in [6.45, 7) is 4.48. The zero-order chi connectivity index (χ0) is 33.0. The second kappa shape index (κ2) is 14.0. The van der Waals surface area contributed by atoms with Crippen LogP contribution in [0.1, 0.15) is 30.4 Å². The van der Waals surface area contributed by atoms with E-state index in [1.54, 1.807) is 6.07 Å². The van der Waals surface area contributed by atoms with Crippen molar-refractivity contribution in [3.05, 3.63) is 77.4 Å². The maximum absolute atomic E-state index is 15.3. The van der Waals surface area contributed by atoms with Crippen molar-refractivity contribution in [1.82, 2.24) is 19.9 Å². The molecule has 6 rings (SSSR count). The van der Waals surface area contributed by atoms with E-state index in [0.29, 0.717) is 36.3 Å². The summed E-state index contributed by atoms with van der Waals surface area (Å²) in [5.41, 5.74) is -0.408. The van der Waals surface area contributed by atoms with Crippen LogP contribution in [0.5, 0.6) is 23.3 Å². The zero-order valence-corrected chi connectivity index (χ0v) is 25.8. The Labute approximate surface area is 268 Å². The first-order valence-corrected chi connectivity index (χ1v) is 15.4. The number of ketones is 2. The number of fused-ring (bicyclic) bond motifs is 1. The lowest BCUT2D eigenvalue weighted by Crippen LogP contribution is -2.37. The van der Waals surface area contributed by atoms with E-state index in [-0.39, 0.29) is 35.0 Å². The van der Waals surface area contributed by atoms with E-state index in [2.05, 4.69) is 19.9 Å². The molecule has 0 unspecified atom stereocenters. The van der Waals surface area contributed by atoms with Crippen molar-refractivity contribution < 1.29 is 41.7 Å². The number of methoxy groups -OCH3 is 1. The predicted molar refractivity (Wildman–Crippen MR) is 163 cm³/mol. The molecule has 1 saturated heterocycles. The van der Waals surface area contributed by atoms with Crippen LogP contribution in [0.3, 0.4) is 0 Å². The van der Waals surface area contributed by atoms with Gasteiger partial charge in [0.05, 0.1) is 32.3 Å². The largest absolute Gasteiger partial charge is 0.488 e. The maximum atomic E-state index is 15.3. The van der Waals surface area contributed by atoms with Gasteiger partial charge in [0.25, 0.3) is 5.88 Å². The summed E-state index contributed by atoms with van der Waals surface area (Å²) in [6.07, 6.45) is 2.12. The van der Waals surface area contributed by atoms with Crippen LogP contribution in [0.15, 0.2) is 48.8 Å². The van der Waals surface area contributed by atoms with Crippen LogP contribution < -0.4 is 14.2 Å². The summed E-state index contributed by atoms with van der Waals surface area (Å²) < 4.78 is 66.1. The minimum atomic E-state index is -1.25. The quantitative estimate of drug-likeness (QED) is 0.136. The van der Waals surface area contributed by atoms with Crippen molar-refractivity contribution >= 4 is 22.6 Å². The zero-order valence-electron chi connectivity index (χ0n) is 25.8. The van der Waals surface area contributed by atoms with E-state index in [1.165, 1.54) is 37.7 Å². The smallest absolute Gasteiger partial charge is 0.257 e. The van der Waals surface area contributed by atoms with Gasteiger partial charge in [-0.25, -0.2) is 23.1 Å². The van der Waals surface area contributed by atoms with Crippen LogP contribution in [-0.4, -0.2) is 78.0 Å². The second-order valence-electron chi connectivity index (χ2n) is 11.6. The van der Waals surface area contributed by atoms with E-state index < -0.39 is 40.8 Å². The highest BCUT2D eigenvalue weighted by molar-refractivity contribution is 6.11. The highest BCUT2D eigenvalue weighted by Crippen LogP contribution is 2.49. The molecule has 47 heavy (non-hydrogen) atoms. The van der Waals surface area contributed by atoms with E-state index in [4.69, 9.17) is 18.9 Å². The van der Waals surface area contributed by atoms with Crippen molar-refractivity contribution in [2.45, 2.75) is 32.1 Å². The number of carbonyl (C=O) groups excluding carboxylic acids is 2. The van der Waals surface area contributed by atoms with Gasteiger partial charge in [-0.15, -0.1) is 0 Å². The Morgan fingerprint density at radius 2 is 1.66 bits per heavy atom. The molecule has 2 aromatic carbocycles. The maximum Gasteiger partial charge on any atom is 0.257 e. The molecule has 0 N–H and O–H groups in total. The summed E-state index contributed by atoms with van der Waals surface area (Å²) >= 11 is 0. The molecule has 2 fully saturated rings. The molecular formula is C34H33F3N4O6. The average molecular weight is 651 g/mol. The number of carbonyl (C=O) groups is 2. The molecule has 0 bridgehead atoms. The van der Waals surface area contributed by atoms with Crippen LogP contribution in [0.25, 0.3) is 11.0 Å². The molecule has 1 aliphatic carbocycles. The van der Waals surface area contributed by atoms with E-state index in [1.807, 2.05) is 0 Å². The van der Waals surface area contributed by atoms with Gasteiger partial charge in [0, 0.05) is 44.6 Å². The van der Waals surface area contributed by atoms with Gasteiger partial charge < -0.3 is 18.9 Å². The Morgan fingerprint density at radius 3 is 2.38 bits per heavy atom. The average Bonchev–Trinajstić information content (AvgIpc) is 3.89. The number of pyridine rings is 1. The first-order valence-electron chi connectivity index (χ1n) is 15.4. The van der Waals surface area contributed by atoms with Gasteiger partial charge in [-0.1, -0.05) is 12.1 Å². The Kier molecular flexibility index (Phi) is 9.64. The van der Waals surface area contributed by atoms with Crippen molar-refractivity contribution in [3.63, 3.8) is 0 Å².